The van der Waals surface area contributed by atoms with Crippen LogP contribution in [0, 0.1) is 5.82 Å². The number of ketones is 1. The zero-order valence-electron chi connectivity index (χ0n) is 19.3. The summed E-state index contributed by atoms with van der Waals surface area (Å²) in [5.41, 5.74) is 0.682. The molecule has 0 aromatic heterocycles. The number of likely N-dealkylation sites (tertiary alicyclic amines) is 1. The minimum Gasteiger partial charge on any atom is -0.507 e. The van der Waals surface area contributed by atoms with Crippen LogP contribution in [0.15, 0.2) is 48.0 Å². The summed E-state index contributed by atoms with van der Waals surface area (Å²) in [6, 6.07) is 9.40. The Morgan fingerprint density at radius 2 is 1.73 bits per heavy atom. The highest BCUT2D eigenvalue weighted by atomic mass is 19.1. The SMILES string of the molecule is CCN(CC)CCN1C(=O)C(=O)/C(=C(/O)c2ccc(F)cc2)[C@H]1c1cccc(OC)c1OC. The lowest BCUT2D eigenvalue weighted by molar-refractivity contribution is -0.140. The van der Waals surface area contributed by atoms with Crippen molar-refractivity contribution >= 4 is 17.4 Å². The molecule has 0 unspecified atom stereocenters. The molecular weight excluding hydrogens is 427 g/mol. The normalized spacial score (nSPS) is 17.6. The van der Waals surface area contributed by atoms with Gasteiger partial charge in [0.05, 0.1) is 25.8 Å². The number of benzene rings is 2. The van der Waals surface area contributed by atoms with E-state index in [-0.39, 0.29) is 23.4 Å². The summed E-state index contributed by atoms with van der Waals surface area (Å²) in [6.07, 6.45) is 0. The van der Waals surface area contributed by atoms with Crippen molar-refractivity contribution in [2.45, 2.75) is 19.9 Å². The van der Waals surface area contributed by atoms with Gasteiger partial charge in [-0.1, -0.05) is 26.0 Å². The number of rotatable bonds is 9. The second-order valence-electron chi connectivity index (χ2n) is 7.61. The number of nitrogens with zero attached hydrogens (tertiary/aromatic N) is 2. The van der Waals surface area contributed by atoms with Gasteiger partial charge in [-0.25, -0.2) is 4.39 Å². The van der Waals surface area contributed by atoms with Gasteiger partial charge in [0.2, 0.25) is 0 Å². The van der Waals surface area contributed by atoms with Crippen molar-refractivity contribution < 1.29 is 28.6 Å². The maximum atomic E-state index is 13.4. The summed E-state index contributed by atoms with van der Waals surface area (Å²) in [6.45, 7) is 6.46. The molecule has 33 heavy (non-hydrogen) atoms. The Morgan fingerprint density at radius 1 is 1.06 bits per heavy atom. The number of carbonyl (C=O) groups is 2. The number of carbonyl (C=O) groups excluding carboxylic acids is 2. The topological polar surface area (TPSA) is 79.3 Å². The van der Waals surface area contributed by atoms with Gasteiger partial charge in [-0.3, -0.25) is 9.59 Å². The van der Waals surface area contributed by atoms with E-state index in [1.165, 1.54) is 43.4 Å². The standard InChI is InChI=1S/C25H29FN2O5/c1-5-27(6-2)14-15-28-21(18-8-7-9-19(32-3)24(18)33-4)20(23(30)25(28)31)22(29)16-10-12-17(26)13-11-16/h7-13,21,29H,5-6,14-15H2,1-4H3/b22-20+/t21-/m1/s1. The molecule has 2 aromatic rings. The predicted molar refractivity (Wildman–Crippen MR) is 123 cm³/mol. The number of para-hydroxylation sites is 1. The lowest BCUT2D eigenvalue weighted by atomic mass is 9.94. The summed E-state index contributed by atoms with van der Waals surface area (Å²) in [5.74, 6) is -1.55. The van der Waals surface area contributed by atoms with E-state index < -0.39 is 23.5 Å². The Balaban J connectivity index is 2.19. The van der Waals surface area contributed by atoms with Gasteiger partial charge in [-0.2, -0.15) is 0 Å². The van der Waals surface area contributed by atoms with Crippen LogP contribution in [0.5, 0.6) is 11.5 Å². The molecule has 1 heterocycles. The average molecular weight is 457 g/mol. The molecule has 1 amide bonds. The second kappa shape index (κ2) is 10.5. The van der Waals surface area contributed by atoms with Crippen LogP contribution < -0.4 is 9.47 Å². The summed E-state index contributed by atoms with van der Waals surface area (Å²) in [7, 11) is 2.97. The minimum atomic E-state index is -0.893. The van der Waals surface area contributed by atoms with E-state index in [2.05, 4.69) is 4.90 Å². The van der Waals surface area contributed by atoms with Crippen LogP contribution in [0.25, 0.3) is 5.76 Å². The molecule has 0 aliphatic carbocycles. The average Bonchev–Trinajstić information content (AvgIpc) is 3.08. The zero-order valence-corrected chi connectivity index (χ0v) is 19.3. The quantitative estimate of drug-likeness (QED) is 0.353. The van der Waals surface area contributed by atoms with Crippen LogP contribution in [0.1, 0.15) is 31.0 Å². The summed E-state index contributed by atoms with van der Waals surface area (Å²) in [5, 5.41) is 11.1. The van der Waals surface area contributed by atoms with Crippen LogP contribution in [-0.2, 0) is 9.59 Å². The molecule has 0 radical (unpaired) electrons. The van der Waals surface area contributed by atoms with E-state index in [0.29, 0.717) is 23.6 Å². The first-order valence-corrected chi connectivity index (χ1v) is 10.8. The van der Waals surface area contributed by atoms with Crippen molar-refractivity contribution in [3.8, 4) is 11.5 Å². The first-order valence-electron chi connectivity index (χ1n) is 10.8. The molecule has 0 saturated carbocycles. The van der Waals surface area contributed by atoms with E-state index in [1.807, 2.05) is 13.8 Å². The lowest BCUT2D eigenvalue weighted by Gasteiger charge is -2.29. The molecule has 1 aliphatic rings. The highest BCUT2D eigenvalue weighted by Crippen LogP contribution is 2.45. The monoisotopic (exact) mass is 456 g/mol. The van der Waals surface area contributed by atoms with Gasteiger partial charge in [-0.15, -0.1) is 0 Å². The molecule has 1 atom stereocenters. The maximum absolute atomic E-state index is 13.4. The molecule has 1 fully saturated rings. The van der Waals surface area contributed by atoms with Crippen LogP contribution in [0.3, 0.4) is 0 Å². The van der Waals surface area contributed by atoms with Crippen LogP contribution in [0.2, 0.25) is 0 Å². The van der Waals surface area contributed by atoms with Crippen molar-refractivity contribution in [3.05, 3.63) is 65.0 Å². The Kier molecular flexibility index (Phi) is 7.71. The number of methoxy groups -OCH3 is 2. The second-order valence-corrected chi connectivity index (χ2v) is 7.61. The number of aliphatic hydroxyl groups excluding tert-OH is 1. The van der Waals surface area contributed by atoms with Gasteiger partial charge in [0.1, 0.15) is 11.6 Å². The first kappa shape index (κ1) is 24.3. The fourth-order valence-electron chi connectivity index (χ4n) is 4.11. The molecule has 1 aliphatic heterocycles. The van der Waals surface area contributed by atoms with Crippen LogP contribution >= 0.6 is 0 Å². The number of ether oxygens (including phenoxy) is 2. The Labute approximate surface area is 193 Å². The first-order chi connectivity index (χ1) is 15.9. The largest absolute Gasteiger partial charge is 0.507 e. The van der Waals surface area contributed by atoms with Gasteiger partial charge < -0.3 is 24.4 Å². The van der Waals surface area contributed by atoms with Crippen molar-refractivity contribution in [1.29, 1.82) is 0 Å². The highest BCUT2D eigenvalue weighted by molar-refractivity contribution is 6.46. The number of Topliss-reactive ketones (excluding diaryl/α,β-unsaturated/α-hetero) is 1. The molecule has 0 spiro atoms. The smallest absolute Gasteiger partial charge is 0.295 e. The molecule has 176 valence electrons. The Hall–Kier alpha value is -3.39. The molecule has 1 saturated heterocycles. The van der Waals surface area contributed by atoms with E-state index in [1.54, 1.807) is 18.2 Å². The van der Waals surface area contributed by atoms with Crippen LogP contribution in [0.4, 0.5) is 4.39 Å². The third kappa shape index (κ3) is 4.71. The highest BCUT2D eigenvalue weighted by Gasteiger charge is 2.47. The summed E-state index contributed by atoms with van der Waals surface area (Å²) in [4.78, 5) is 29.9. The van der Waals surface area contributed by atoms with Gasteiger partial charge in [0.15, 0.2) is 11.5 Å². The fraction of sp³-hybridized carbons (Fsp3) is 0.360. The van der Waals surface area contributed by atoms with Crippen molar-refractivity contribution in [2.75, 3.05) is 40.4 Å². The van der Waals surface area contributed by atoms with E-state index >= 15 is 0 Å². The molecule has 2 aromatic carbocycles. The Morgan fingerprint density at radius 3 is 2.30 bits per heavy atom. The van der Waals surface area contributed by atoms with Crippen molar-refractivity contribution in [3.63, 3.8) is 0 Å². The van der Waals surface area contributed by atoms with Crippen molar-refractivity contribution in [1.82, 2.24) is 9.80 Å². The third-order valence-electron chi connectivity index (χ3n) is 5.94. The molecule has 1 N–H and O–H groups in total. The van der Waals surface area contributed by atoms with Crippen molar-refractivity contribution in [2.24, 2.45) is 0 Å². The number of amides is 1. The maximum Gasteiger partial charge on any atom is 0.295 e. The van der Waals surface area contributed by atoms with E-state index in [4.69, 9.17) is 9.47 Å². The lowest BCUT2D eigenvalue weighted by Crippen LogP contribution is -2.38. The molecule has 7 nitrogen and oxygen atoms in total. The van der Waals surface area contributed by atoms with Crippen LogP contribution in [-0.4, -0.2) is 67.0 Å². The molecule has 3 rings (SSSR count). The minimum absolute atomic E-state index is 0.0716. The fourth-order valence-corrected chi connectivity index (χ4v) is 4.11. The molecule has 8 heteroatoms. The summed E-state index contributed by atoms with van der Waals surface area (Å²) < 4.78 is 24.4. The number of hydrogen-bond donors (Lipinski definition) is 1. The third-order valence-corrected chi connectivity index (χ3v) is 5.94. The Bertz CT molecular complexity index is 1050. The van der Waals surface area contributed by atoms with Gasteiger partial charge >= 0.3 is 0 Å². The van der Waals surface area contributed by atoms with Gasteiger partial charge in [-0.05, 0) is 43.4 Å². The number of halogens is 1. The predicted octanol–water partition coefficient (Wildman–Crippen LogP) is 3.61. The zero-order chi connectivity index (χ0) is 24.1. The molecule has 0 bridgehead atoms. The van der Waals surface area contributed by atoms with E-state index in [0.717, 1.165) is 13.1 Å². The number of aliphatic hydroxyl groups is 1. The van der Waals surface area contributed by atoms with Gasteiger partial charge in [0, 0.05) is 24.2 Å². The van der Waals surface area contributed by atoms with E-state index in [9.17, 15) is 19.1 Å². The van der Waals surface area contributed by atoms with Gasteiger partial charge in [0.25, 0.3) is 11.7 Å². The number of hydrogen-bond acceptors (Lipinski definition) is 6. The summed E-state index contributed by atoms with van der Waals surface area (Å²) >= 11 is 0. The number of likely N-dealkylation sites (N-methyl/N-ethyl adjacent to an activating group) is 1. The molecular formula is C25H29FN2O5.